The fourth-order valence-electron chi connectivity index (χ4n) is 3.02. The number of amides is 1. The van der Waals surface area contributed by atoms with Crippen molar-refractivity contribution in [1.29, 1.82) is 0 Å². The maximum absolute atomic E-state index is 12.4. The molecule has 1 aromatic carbocycles. The smallest absolute Gasteiger partial charge is 0.222 e. The number of hydrogen-bond donors (Lipinski definition) is 2. The van der Waals surface area contributed by atoms with Gasteiger partial charge in [-0.3, -0.25) is 4.79 Å². The number of fused-ring (bicyclic) bond motifs is 1. The summed E-state index contributed by atoms with van der Waals surface area (Å²) in [5.74, 6) is 1.85. The number of hydrogen-bond acceptors (Lipinski definition) is 3. The number of aromatic amines is 1. The van der Waals surface area contributed by atoms with Gasteiger partial charge in [0, 0.05) is 31.8 Å². The lowest BCUT2D eigenvalue weighted by Gasteiger charge is -2.15. The fourth-order valence-corrected chi connectivity index (χ4v) is 3.02. The maximum atomic E-state index is 12.4. The summed E-state index contributed by atoms with van der Waals surface area (Å²) in [5, 5.41) is 3.09. The van der Waals surface area contributed by atoms with Crippen LogP contribution in [0.25, 0.3) is 11.0 Å². The number of aromatic nitrogens is 4. The summed E-state index contributed by atoms with van der Waals surface area (Å²) in [6, 6.07) is 6.02. The van der Waals surface area contributed by atoms with Crippen molar-refractivity contribution in [2.24, 2.45) is 0 Å². The lowest BCUT2D eigenvalue weighted by molar-refractivity contribution is -0.122. The van der Waals surface area contributed by atoms with Crippen molar-refractivity contribution in [3.63, 3.8) is 0 Å². The van der Waals surface area contributed by atoms with Crippen molar-refractivity contribution in [2.45, 2.75) is 52.6 Å². The van der Waals surface area contributed by atoms with Crippen LogP contribution in [-0.2, 0) is 17.8 Å². The molecule has 0 spiro atoms. The van der Waals surface area contributed by atoms with Crippen molar-refractivity contribution in [3.05, 3.63) is 47.8 Å². The molecule has 0 unspecified atom stereocenters. The van der Waals surface area contributed by atoms with E-state index in [4.69, 9.17) is 0 Å². The van der Waals surface area contributed by atoms with E-state index in [1.54, 1.807) is 6.20 Å². The summed E-state index contributed by atoms with van der Waals surface area (Å²) in [6.07, 6.45) is 5.78. The zero-order chi connectivity index (χ0) is 17.8. The minimum atomic E-state index is -0.103. The molecule has 6 heteroatoms. The highest BCUT2D eigenvalue weighted by molar-refractivity contribution is 5.78. The molecule has 0 radical (unpaired) electrons. The maximum Gasteiger partial charge on any atom is 0.222 e. The highest BCUT2D eigenvalue weighted by atomic mass is 16.1. The van der Waals surface area contributed by atoms with Crippen LogP contribution in [0.2, 0.25) is 0 Å². The number of nitrogens with zero attached hydrogens (tertiary/aromatic N) is 3. The van der Waals surface area contributed by atoms with Gasteiger partial charge in [-0.1, -0.05) is 19.9 Å². The Labute approximate surface area is 147 Å². The van der Waals surface area contributed by atoms with Crippen LogP contribution in [-0.4, -0.2) is 25.4 Å². The first-order chi connectivity index (χ1) is 12.1. The molecule has 132 valence electrons. The average molecular weight is 339 g/mol. The number of imidazole rings is 2. The summed E-state index contributed by atoms with van der Waals surface area (Å²) >= 11 is 0. The van der Waals surface area contributed by atoms with Gasteiger partial charge in [-0.05, 0) is 31.0 Å². The van der Waals surface area contributed by atoms with E-state index in [0.717, 1.165) is 35.5 Å². The van der Waals surface area contributed by atoms with Crippen LogP contribution in [0, 0.1) is 6.92 Å². The van der Waals surface area contributed by atoms with Gasteiger partial charge >= 0.3 is 0 Å². The first-order valence-corrected chi connectivity index (χ1v) is 8.86. The first kappa shape index (κ1) is 17.2. The van der Waals surface area contributed by atoms with Crippen molar-refractivity contribution in [3.8, 4) is 0 Å². The number of nitrogens with one attached hydrogen (secondary N) is 2. The molecule has 3 rings (SSSR count). The standard InChI is InChI=1S/C19H25N5O/c1-4-14(19-22-15-7-6-13(3)12-16(15)23-19)21-18(25)8-10-24-11-9-20-17(24)5-2/h6-7,9,11-12,14H,4-5,8,10H2,1-3H3,(H,21,25)(H,22,23)/t14-/m0/s1. The zero-order valence-corrected chi connectivity index (χ0v) is 15.0. The molecule has 25 heavy (non-hydrogen) atoms. The summed E-state index contributed by atoms with van der Waals surface area (Å²) in [5.41, 5.74) is 3.12. The molecule has 0 bridgehead atoms. The molecule has 0 aliphatic heterocycles. The van der Waals surface area contributed by atoms with E-state index in [9.17, 15) is 4.79 Å². The number of carbonyl (C=O) groups excluding carboxylic acids is 1. The Morgan fingerprint density at radius 3 is 2.96 bits per heavy atom. The third kappa shape index (κ3) is 3.90. The van der Waals surface area contributed by atoms with E-state index in [0.29, 0.717) is 13.0 Å². The van der Waals surface area contributed by atoms with Crippen molar-refractivity contribution in [1.82, 2.24) is 24.8 Å². The molecule has 0 saturated carbocycles. The highest BCUT2D eigenvalue weighted by Gasteiger charge is 2.17. The van der Waals surface area contributed by atoms with Gasteiger partial charge < -0.3 is 14.9 Å². The Morgan fingerprint density at radius 2 is 2.20 bits per heavy atom. The van der Waals surface area contributed by atoms with Crippen molar-refractivity contribution in [2.75, 3.05) is 0 Å². The third-order valence-corrected chi connectivity index (χ3v) is 4.43. The predicted molar refractivity (Wildman–Crippen MR) is 98.2 cm³/mol. The number of carbonyl (C=O) groups is 1. The molecule has 1 atom stereocenters. The van der Waals surface area contributed by atoms with E-state index in [-0.39, 0.29) is 11.9 Å². The van der Waals surface area contributed by atoms with Gasteiger partial charge in [0.1, 0.15) is 11.6 Å². The number of aryl methyl sites for hydroxylation is 3. The van der Waals surface area contributed by atoms with Crippen LogP contribution in [0.1, 0.15) is 49.9 Å². The van der Waals surface area contributed by atoms with Crippen LogP contribution in [0.5, 0.6) is 0 Å². The van der Waals surface area contributed by atoms with E-state index in [1.165, 1.54) is 5.56 Å². The number of rotatable bonds is 7. The molecule has 3 aromatic rings. The van der Waals surface area contributed by atoms with Gasteiger partial charge in [0.2, 0.25) is 5.91 Å². The van der Waals surface area contributed by atoms with Crippen molar-refractivity contribution < 1.29 is 4.79 Å². The Balaban J connectivity index is 1.65. The Morgan fingerprint density at radius 1 is 1.36 bits per heavy atom. The minimum Gasteiger partial charge on any atom is -0.346 e. The molecule has 2 aromatic heterocycles. The van der Waals surface area contributed by atoms with Gasteiger partial charge in [-0.25, -0.2) is 9.97 Å². The van der Waals surface area contributed by atoms with Gasteiger partial charge in [-0.2, -0.15) is 0 Å². The summed E-state index contributed by atoms with van der Waals surface area (Å²) in [6.45, 7) is 6.81. The second-order valence-corrected chi connectivity index (χ2v) is 6.31. The summed E-state index contributed by atoms with van der Waals surface area (Å²) < 4.78 is 2.03. The molecule has 0 aliphatic carbocycles. The van der Waals surface area contributed by atoms with E-state index in [2.05, 4.69) is 47.1 Å². The van der Waals surface area contributed by atoms with Crippen LogP contribution >= 0.6 is 0 Å². The van der Waals surface area contributed by atoms with Crippen molar-refractivity contribution >= 4 is 16.9 Å². The molecular weight excluding hydrogens is 314 g/mol. The lowest BCUT2D eigenvalue weighted by atomic mass is 10.2. The molecule has 0 fully saturated rings. The summed E-state index contributed by atoms with van der Waals surface area (Å²) in [7, 11) is 0. The quantitative estimate of drug-likeness (QED) is 0.693. The Hall–Kier alpha value is -2.63. The Kier molecular flexibility index (Phi) is 5.16. The van der Waals surface area contributed by atoms with Crippen LogP contribution < -0.4 is 5.32 Å². The van der Waals surface area contributed by atoms with Gasteiger partial charge in [-0.15, -0.1) is 0 Å². The van der Waals surface area contributed by atoms with Crippen LogP contribution in [0.4, 0.5) is 0 Å². The Bertz CT molecular complexity index is 864. The summed E-state index contributed by atoms with van der Waals surface area (Å²) in [4.78, 5) is 24.6. The van der Waals surface area contributed by atoms with Gasteiger partial charge in [0.05, 0.1) is 17.1 Å². The average Bonchev–Trinajstić information content (AvgIpc) is 3.23. The normalized spacial score (nSPS) is 12.4. The highest BCUT2D eigenvalue weighted by Crippen LogP contribution is 2.19. The molecule has 2 N–H and O–H groups in total. The molecular formula is C19H25N5O. The molecule has 0 aliphatic rings. The van der Waals surface area contributed by atoms with E-state index < -0.39 is 0 Å². The number of H-pyrrole nitrogens is 1. The second kappa shape index (κ2) is 7.51. The van der Waals surface area contributed by atoms with Crippen LogP contribution in [0.3, 0.4) is 0 Å². The number of benzene rings is 1. The van der Waals surface area contributed by atoms with Gasteiger partial charge in [0.25, 0.3) is 0 Å². The lowest BCUT2D eigenvalue weighted by Crippen LogP contribution is -2.29. The van der Waals surface area contributed by atoms with E-state index >= 15 is 0 Å². The molecule has 2 heterocycles. The molecule has 0 saturated heterocycles. The van der Waals surface area contributed by atoms with Gasteiger partial charge in [0.15, 0.2) is 0 Å². The van der Waals surface area contributed by atoms with Crippen LogP contribution in [0.15, 0.2) is 30.6 Å². The SMILES string of the molecule is CCc1nccn1CCC(=O)N[C@@H](CC)c1nc2ccc(C)cc2[nH]1. The third-order valence-electron chi connectivity index (χ3n) is 4.43. The fraction of sp³-hybridized carbons (Fsp3) is 0.421. The largest absolute Gasteiger partial charge is 0.346 e. The molecule has 1 amide bonds. The zero-order valence-electron chi connectivity index (χ0n) is 15.0. The predicted octanol–water partition coefficient (Wildman–Crippen LogP) is 3.29. The first-order valence-electron chi connectivity index (χ1n) is 8.86. The van der Waals surface area contributed by atoms with E-state index in [1.807, 2.05) is 22.9 Å². The second-order valence-electron chi connectivity index (χ2n) is 6.31. The monoisotopic (exact) mass is 339 g/mol. The molecule has 6 nitrogen and oxygen atoms in total. The minimum absolute atomic E-state index is 0.0271. The topological polar surface area (TPSA) is 75.6 Å².